The summed E-state index contributed by atoms with van der Waals surface area (Å²) in [5.41, 5.74) is 3.56. The third kappa shape index (κ3) is 5.75. The molecule has 12 heteroatoms. The summed E-state index contributed by atoms with van der Waals surface area (Å²) in [7, 11) is 0. The number of hydrogen-bond donors (Lipinski definition) is 3. The topological polar surface area (TPSA) is 147 Å². The highest BCUT2D eigenvalue weighted by molar-refractivity contribution is 5.96. The Bertz CT molecular complexity index is 1930. The summed E-state index contributed by atoms with van der Waals surface area (Å²) in [6, 6.07) is 21.4. The summed E-state index contributed by atoms with van der Waals surface area (Å²) in [5, 5.41) is 23.8. The van der Waals surface area contributed by atoms with E-state index in [0.717, 1.165) is 27.8 Å². The second kappa shape index (κ2) is 13.4. The normalized spacial score (nSPS) is 30.8. The third-order valence-electron chi connectivity index (χ3n) is 11.9. The van der Waals surface area contributed by atoms with Crippen molar-refractivity contribution in [3.8, 4) is 5.75 Å². The first-order valence-corrected chi connectivity index (χ1v) is 18.6. The zero-order valence-electron chi connectivity index (χ0n) is 29.3. The number of nitrogens with zero attached hydrogens (tertiary/aromatic N) is 2. The largest absolute Gasteiger partial charge is 0.508 e. The van der Waals surface area contributed by atoms with Gasteiger partial charge in [0, 0.05) is 32.4 Å². The number of aliphatic hydroxyl groups is 1. The fraction of sp³-hybridized carbons (Fsp3) is 0.439. The van der Waals surface area contributed by atoms with E-state index in [-0.39, 0.29) is 43.7 Å². The van der Waals surface area contributed by atoms with Crippen molar-refractivity contribution in [1.82, 2.24) is 15.3 Å². The number of esters is 1. The molecule has 2 bridgehead atoms. The quantitative estimate of drug-likeness (QED) is 0.282. The number of allylic oxidation sites excluding steroid dienone is 1. The van der Waals surface area contributed by atoms with Crippen LogP contribution in [0.15, 0.2) is 78.9 Å². The third-order valence-corrected chi connectivity index (χ3v) is 11.9. The number of ether oxygens (including phenoxy) is 3. The van der Waals surface area contributed by atoms with Gasteiger partial charge < -0.3 is 34.6 Å². The van der Waals surface area contributed by atoms with E-state index in [4.69, 9.17) is 19.0 Å². The van der Waals surface area contributed by atoms with Gasteiger partial charge in [0.15, 0.2) is 11.8 Å². The van der Waals surface area contributed by atoms with E-state index in [1.165, 1.54) is 0 Å². The molecule has 3 aromatic carbocycles. The van der Waals surface area contributed by atoms with Gasteiger partial charge in [-0.3, -0.25) is 19.2 Å². The van der Waals surface area contributed by atoms with Gasteiger partial charge in [0.1, 0.15) is 41.6 Å². The maximum Gasteiger partial charge on any atom is 0.327 e. The van der Waals surface area contributed by atoms with Crippen LogP contribution in [-0.2, 0) is 59.2 Å². The number of carbonyl (C=O) groups excluding carboxylic acids is 3. The molecular formula is C41H43N3O9. The van der Waals surface area contributed by atoms with E-state index >= 15 is 4.79 Å². The molecule has 3 N–H and O–H groups in total. The van der Waals surface area contributed by atoms with Gasteiger partial charge >= 0.3 is 5.97 Å². The average molecular weight is 722 g/mol. The standard InChI is InChI=1S/C41H43N3O9/c45-20-18-42-37(47)30-12-6-19-43(30)39(49)41-23-32-33-34(52-40(51-33)21-28-9-1-2-10-29(28)22-40)36(41)53-44(35(41)38(48)50-32)24-26-16-14-25(15-17-26)7-5-11-27-8-3-4-13-31(27)46/h1-5,7-10,13-17,30,32-36,45-46H,6,11-12,18-24H2,(H,42,47). The molecule has 5 fully saturated rings. The van der Waals surface area contributed by atoms with Gasteiger partial charge in [-0.15, -0.1) is 0 Å². The van der Waals surface area contributed by atoms with Crippen LogP contribution in [0.5, 0.6) is 5.75 Å². The second-order valence-electron chi connectivity index (χ2n) is 15.1. The van der Waals surface area contributed by atoms with Crippen LogP contribution in [0.1, 0.15) is 47.1 Å². The Hall–Kier alpha value is -4.59. The molecule has 1 saturated carbocycles. The Balaban J connectivity index is 1.02. The number of fused-ring (bicyclic) bond motifs is 5. The fourth-order valence-electron chi connectivity index (χ4n) is 9.51. The molecule has 4 aliphatic heterocycles. The molecule has 7 atom stereocenters. The molecule has 53 heavy (non-hydrogen) atoms. The summed E-state index contributed by atoms with van der Waals surface area (Å²) in [6.07, 6.45) is 3.99. The molecule has 1 spiro atoms. The van der Waals surface area contributed by atoms with Crippen molar-refractivity contribution in [3.05, 3.63) is 107 Å². The highest BCUT2D eigenvalue weighted by Crippen LogP contribution is 2.59. The number of rotatable bonds is 9. The van der Waals surface area contributed by atoms with Gasteiger partial charge in [0.05, 0.1) is 13.2 Å². The number of aliphatic hydroxyl groups excluding tert-OH is 1. The van der Waals surface area contributed by atoms with Crippen LogP contribution < -0.4 is 5.32 Å². The van der Waals surface area contributed by atoms with Crippen LogP contribution >= 0.6 is 0 Å². The van der Waals surface area contributed by atoms with Gasteiger partial charge in [-0.05, 0) is 53.1 Å². The molecule has 276 valence electrons. The molecule has 0 radical (unpaired) electrons. The Morgan fingerprint density at radius 1 is 0.962 bits per heavy atom. The average Bonchev–Trinajstić information content (AvgIpc) is 3.95. The summed E-state index contributed by atoms with van der Waals surface area (Å²) in [4.78, 5) is 51.0. The van der Waals surface area contributed by atoms with Crippen LogP contribution in [0, 0.1) is 5.41 Å². The summed E-state index contributed by atoms with van der Waals surface area (Å²) in [6.45, 7) is 0.440. The minimum Gasteiger partial charge on any atom is -0.508 e. The number of aromatic hydroxyl groups is 1. The van der Waals surface area contributed by atoms with E-state index in [2.05, 4.69) is 17.4 Å². The Labute approximate surface area is 307 Å². The molecular weight excluding hydrogens is 678 g/mol. The second-order valence-corrected chi connectivity index (χ2v) is 15.1. The van der Waals surface area contributed by atoms with Crippen molar-refractivity contribution in [3.63, 3.8) is 0 Å². The zero-order valence-corrected chi connectivity index (χ0v) is 29.3. The molecule has 6 aliphatic rings. The molecule has 12 nitrogen and oxygen atoms in total. The molecule has 3 aromatic rings. The lowest BCUT2D eigenvalue weighted by molar-refractivity contribution is -0.218. The lowest BCUT2D eigenvalue weighted by Crippen LogP contribution is -2.70. The maximum atomic E-state index is 15.1. The van der Waals surface area contributed by atoms with Gasteiger partial charge in [-0.25, -0.2) is 0 Å². The minimum atomic E-state index is -1.38. The van der Waals surface area contributed by atoms with Gasteiger partial charge in [-0.2, -0.15) is 5.06 Å². The number of hydroxylamine groups is 2. The number of phenols is 1. The first kappa shape index (κ1) is 34.2. The number of amides is 2. The zero-order chi connectivity index (χ0) is 36.3. The molecule has 4 saturated heterocycles. The molecule has 2 amide bonds. The van der Waals surface area contributed by atoms with Crippen molar-refractivity contribution in [1.29, 1.82) is 0 Å². The van der Waals surface area contributed by atoms with E-state index in [9.17, 15) is 19.8 Å². The lowest BCUT2D eigenvalue weighted by atomic mass is 9.62. The lowest BCUT2D eigenvalue weighted by Gasteiger charge is -2.50. The molecule has 2 aliphatic carbocycles. The Morgan fingerprint density at radius 3 is 2.45 bits per heavy atom. The van der Waals surface area contributed by atoms with Crippen LogP contribution in [0.2, 0.25) is 0 Å². The smallest absolute Gasteiger partial charge is 0.327 e. The molecule has 0 aromatic heterocycles. The van der Waals surface area contributed by atoms with E-state index < -0.39 is 53.7 Å². The van der Waals surface area contributed by atoms with E-state index in [1.54, 1.807) is 22.1 Å². The summed E-state index contributed by atoms with van der Waals surface area (Å²) >= 11 is 0. The minimum absolute atomic E-state index is 0.0870. The SMILES string of the molecule is O=C(NCCO)C1CCCN1C(=O)C12CC3OC(=O)C1N(Cc1ccc(C=CCc4ccccc4O)cc1)OC2C1OC2(Cc4ccccc4C2)OC31. The Morgan fingerprint density at radius 2 is 1.70 bits per heavy atom. The van der Waals surface area contributed by atoms with Gasteiger partial charge in [-0.1, -0.05) is 78.9 Å². The monoisotopic (exact) mass is 721 g/mol. The van der Waals surface area contributed by atoms with Gasteiger partial charge in [0.2, 0.25) is 11.8 Å². The van der Waals surface area contributed by atoms with Crippen LogP contribution in [-0.4, -0.2) is 99.9 Å². The van der Waals surface area contributed by atoms with Crippen LogP contribution in [0.3, 0.4) is 0 Å². The predicted molar refractivity (Wildman–Crippen MR) is 190 cm³/mol. The number of hydrogen-bond acceptors (Lipinski definition) is 10. The van der Waals surface area contributed by atoms with Gasteiger partial charge in [0.25, 0.3) is 0 Å². The Kier molecular flexibility index (Phi) is 8.62. The van der Waals surface area contributed by atoms with Crippen molar-refractivity contribution in [2.75, 3.05) is 19.7 Å². The van der Waals surface area contributed by atoms with Crippen LogP contribution in [0.25, 0.3) is 6.08 Å². The van der Waals surface area contributed by atoms with Crippen molar-refractivity contribution >= 4 is 23.9 Å². The molecule has 4 heterocycles. The maximum absolute atomic E-state index is 15.1. The number of nitrogens with one attached hydrogen (secondary N) is 1. The first-order chi connectivity index (χ1) is 25.8. The van der Waals surface area contributed by atoms with E-state index in [0.29, 0.717) is 38.6 Å². The number of para-hydroxylation sites is 1. The number of carbonyl (C=O) groups is 3. The first-order valence-electron chi connectivity index (χ1n) is 18.6. The summed E-state index contributed by atoms with van der Waals surface area (Å²) in [5.74, 6) is -1.91. The highest BCUT2D eigenvalue weighted by Gasteiger charge is 2.77. The summed E-state index contributed by atoms with van der Waals surface area (Å²) < 4.78 is 19.8. The molecule has 7 unspecified atom stereocenters. The molecule has 9 rings (SSSR count). The van der Waals surface area contributed by atoms with Crippen molar-refractivity contribution in [2.24, 2.45) is 5.41 Å². The fourth-order valence-corrected chi connectivity index (χ4v) is 9.51. The van der Waals surface area contributed by atoms with Crippen molar-refractivity contribution < 1.29 is 43.6 Å². The van der Waals surface area contributed by atoms with Crippen molar-refractivity contribution in [2.45, 2.75) is 87.4 Å². The van der Waals surface area contributed by atoms with Crippen LogP contribution in [0.4, 0.5) is 0 Å². The number of likely N-dealkylation sites (tertiary alicyclic amines) is 1. The number of phenolic OH excluding ortho intramolecular Hbond substituents is 1. The van der Waals surface area contributed by atoms with E-state index in [1.807, 2.05) is 60.7 Å². The predicted octanol–water partition coefficient (Wildman–Crippen LogP) is 2.83. The number of benzene rings is 3. The highest BCUT2D eigenvalue weighted by atomic mass is 16.8.